The lowest BCUT2D eigenvalue weighted by Crippen LogP contribution is -2.36. The Hall–Kier alpha value is -2.61. The van der Waals surface area contributed by atoms with Crippen LogP contribution in [0.4, 0.5) is 0 Å². The molecule has 3 heterocycles. The van der Waals surface area contributed by atoms with Gasteiger partial charge in [-0.05, 0) is 25.0 Å². The van der Waals surface area contributed by atoms with Crippen LogP contribution in [-0.2, 0) is 4.79 Å². The minimum absolute atomic E-state index is 0.0346. The molecule has 1 N–H and O–H groups in total. The summed E-state index contributed by atoms with van der Waals surface area (Å²) < 4.78 is 3.39. The van der Waals surface area contributed by atoms with Gasteiger partial charge in [0.05, 0.1) is 17.9 Å². The van der Waals surface area contributed by atoms with E-state index in [1.165, 1.54) is 37.4 Å². The number of carbonyl (C=O) groups is 1. The van der Waals surface area contributed by atoms with Gasteiger partial charge in [0, 0.05) is 18.2 Å². The number of para-hydroxylation sites is 1. The predicted octanol–water partition coefficient (Wildman–Crippen LogP) is 3.46. The molecule has 0 spiro atoms. The van der Waals surface area contributed by atoms with E-state index in [-0.39, 0.29) is 23.6 Å². The van der Waals surface area contributed by atoms with E-state index in [1.807, 2.05) is 30.3 Å². The molecule has 8 heteroatoms. The van der Waals surface area contributed by atoms with Gasteiger partial charge < -0.3 is 5.32 Å². The molecule has 1 fully saturated rings. The SMILES string of the molecule is O=C(CC1CSc2nc3c(cnn3-c3ccccc3)c(=O)n21)NC1CCCCCC1. The standard InChI is InChI=1S/C22H25N5O2S/c28-19(24-15-8-4-1-2-5-9-15)12-17-14-30-22-25-20-18(21(29)26(17)22)13-23-27(20)16-10-6-3-7-11-16/h3,6-7,10-11,13,15,17H,1-2,4-5,8-9,12,14H2,(H,24,28). The lowest BCUT2D eigenvalue weighted by atomic mass is 10.1. The first-order valence-corrected chi connectivity index (χ1v) is 11.7. The highest BCUT2D eigenvalue weighted by Crippen LogP contribution is 2.33. The lowest BCUT2D eigenvalue weighted by Gasteiger charge is -2.18. The fourth-order valence-electron chi connectivity index (χ4n) is 4.46. The van der Waals surface area contributed by atoms with E-state index in [0.717, 1.165) is 18.5 Å². The van der Waals surface area contributed by atoms with Crippen molar-refractivity contribution in [2.24, 2.45) is 0 Å². The van der Waals surface area contributed by atoms with Crippen molar-refractivity contribution in [2.75, 3.05) is 5.75 Å². The molecule has 1 aromatic carbocycles. The van der Waals surface area contributed by atoms with Crippen molar-refractivity contribution in [3.05, 3.63) is 46.9 Å². The zero-order valence-corrected chi connectivity index (χ0v) is 17.6. The number of amides is 1. The topological polar surface area (TPSA) is 81.8 Å². The van der Waals surface area contributed by atoms with Crippen molar-refractivity contribution in [1.29, 1.82) is 0 Å². The van der Waals surface area contributed by atoms with Gasteiger partial charge in [0.15, 0.2) is 10.8 Å². The zero-order chi connectivity index (χ0) is 20.5. The maximum atomic E-state index is 13.2. The molecule has 1 unspecified atom stereocenters. The van der Waals surface area contributed by atoms with Gasteiger partial charge in [0.25, 0.3) is 5.56 Å². The molecule has 7 nitrogen and oxygen atoms in total. The molecule has 5 rings (SSSR count). The van der Waals surface area contributed by atoms with Gasteiger partial charge in [-0.15, -0.1) is 0 Å². The molecule has 1 aliphatic heterocycles. The summed E-state index contributed by atoms with van der Waals surface area (Å²) in [7, 11) is 0. The number of benzene rings is 1. The van der Waals surface area contributed by atoms with Gasteiger partial charge in [-0.3, -0.25) is 14.2 Å². The molecular formula is C22H25N5O2S. The Balaban J connectivity index is 1.39. The molecule has 0 radical (unpaired) electrons. The largest absolute Gasteiger partial charge is 0.353 e. The number of nitrogens with one attached hydrogen (secondary N) is 1. The van der Waals surface area contributed by atoms with Crippen LogP contribution < -0.4 is 10.9 Å². The molecule has 2 aromatic heterocycles. The first-order chi connectivity index (χ1) is 14.7. The van der Waals surface area contributed by atoms with Gasteiger partial charge in [0.1, 0.15) is 5.39 Å². The Labute approximate surface area is 178 Å². The number of aromatic nitrogens is 4. The van der Waals surface area contributed by atoms with E-state index in [1.54, 1.807) is 15.4 Å². The van der Waals surface area contributed by atoms with Gasteiger partial charge in [-0.1, -0.05) is 55.6 Å². The summed E-state index contributed by atoms with van der Waals surface area (Å²) >= 11 is 1.53. The Bertz CT molecular complexity index is 1120. The van der Waals surface area contributed by atoms with Crippen LogP contribution in [0.2, 0.25) is 0 Å². The monoisotopic (exact) mass is 423 g/mol. The minimum atomic E-state index is -0.166. The van der Waals surface area contributed by atoms with Gasteiger partial charge >= 0.3 is 0 Å². The number of fused-ring (bicyclic) bond motifs is 2. The summed E-state index contributed by atoms with van der Waals surface area (Å²) in [5.41, 5.74) is 1.31. The summed E-state index contributed by atoms with van der Waals surface area (Å²) in [6.07, 6.45) is 8.89. The molecule has 1 saturated carbocycles. The van der Waals surface area contributed by atoms with E-state index in [0.29, 0.717) is 28.4 Å². The molecular weight excluding hydrogens is 398 g/mol. The van der Waals surface area contributed by atoms with E-state index in [2.05, 4.69) is 10.4 Å². The minimum Gasteiger partial charge on any atom is -0.353 e. The molecule has 156 valence electrons. The van der Waals surface area contributed by atoms with Crippen LogP contribution in [0.5, 0.6) is 0 Å². The average Bonchev–Trinajstić information content (AvgIpc) is 3.26. The second-order valence-corrected chi connectivity index (χ2v) is 9.11. The van der Waals surface area contributed by atoms with Crippen molar-refractivity contribution in [2.45, 2.75) is 62.2 Å². The third-order valence-electron chi connectivity index (χ3n) is 6.01. The van der Waals surface area contributed by atoms with Crippen molar-refractivity contribution in [1.82, 2.24) is 24.6 Å². The maximum absolute atomic E-state index is 13.2. The molecule has 30 heavy (non-hydrogen) atoms. The molecule has 1 aliphatic carbocycles. The van der Waals surface area contributed by atoms with Gasteiger partial charge in [-0.25, -0.2) is 9.67 Å². The van der Waals surface area contributed by atoms with Crippen LogP contribution >= 0.6 is 11.8 Å². The number of hydrogen-bond acceptors (Lipinski definition) is 5. The normalized spacial score (nSPS) is 19.5. The summed E-state index contributed by atoms with van der Waals surface area (Å²) in [5, 5.41) is 8.74. The van der Waals surface area contributed by atoms with Crippen molar-refractivity contribution < 1.29 is 4.79 Å². The molecule has 3 aromatic rings. The first kappa shape index (κ1) is 19.4. The third kappa shape index (κ3) is 3.64. The molecule has 0 saturated heterocycles. The smallest absolute Gasteiger partial charge is 0.265 e. The van der Waals surface area contributed by atoms with E-state index in [9.17, 15) is 9.59 Å². The molecule has 2 aliphatic rings. The second-order valence-electron chi connectivity index (χ2n) is 8.12. The predicted molar refractivity (Wildman–Crippen MR) is 117 cm³/mol. The summed E-state index contributed by atoms with van der Waals surface area (Å²) in [6.45, 7) is 0. The fourth-order valence-corrected chi connectivity index (χ4v) is 5.59. The first-order valence-electron chi connectivity index (χ1n) is 10.7. The lowest BCUT2D eigenvalue weighted by molar-refractivity contribution is -0.122. The van der Waals surface area contributed by atoms with Crippen molar-refractivity contribution in [3.63, 3.8) is 0 Å². The number of carbonyl (C=O) groups excluding carboxylic acids is 1. The third-order valence-corrected chi connectivity index (χ3v) is 7.11. The number of hydrogen-bond donors (Lipinski definition) is 1. The highest BCUT2D eigenvalue weighted by molar-refractivity contribution is 7.99. The van der Waals surface area contributed by atoms with Crippen molar-refractivity contribution in [3.8, 4) is 5.69 Å². The number of nitrogens with zero attached hydrogens (tertiary/aromatic N) is 4. The van der Waals surface area contributed by atoms with Crippen LogP contribution in [0.3, 0.4) is 0 Å². The second kappa shape index (κ2) is 8.26. The van der Waals surface area contributed by atoms with Crippen LogP contribution in [0.15, 0.2) is 46.5 Å². The Kier molecular flexibility index (Phi) is 5.33. The zero-order valence-electron chi connectivity index (χ0n) is 16.8. The quantitative estimate of drug-likeness (QED) is 0.513. The summed E-state index contributed by atoms with van der Waals surface area (Å²) in [5.74, 6) is 0.721. The molecule has 0 bridgehead atoms. The highest BCUT2D eigenvalue weighted by atomic mass is 32.2. The molecule has 1 atom stereocenters. The van der Waals surface area contributed by atoms with Gasteiger partial charge in [0.2, 0.25) is 5.91 Å². The fraction of sp³-hybridized carbons (Fsp3) is 0.455. The Morgan fingerprint density at radius 3 is 2.67 bits per heavy atom. The van der Waals surface area contributed by atoms with E-state index in [4.69, 9.17) is 4.98 Å². The highest BCUT2D eigenvalue weighted by Gasteiger charge is 2.30. The van der Waals surface area contributed by atoms with Crippen LogP contribution in [0, 0.1) is 0 Å². The maximum Gasteiger partial charge on any atom is 0.265 e. The van der Waals surface area contributed by atoms with E-state index < -0.39 is 0 Å². The van der Waals surface area contributed by atoms with E-state index >= 15 is 0 Å². The van der Waals surface area contributed by atoms with Crippen molar-refractivity contribution >= 4 is 28.7 Å². The van der Waals surface area contributed by atoms with Crippen LogP contribution in [0.25, 0.3) is 16.7 Å². The summed E-state index contributed by atoms with van der Waals surface area (Å²) in [6, 6.07) is 9.78. The Morgan fingerprint density at radius 1 is 1.13 bits per heavy atom. The van der Waals surface area contributed by atoms with Gasteiger partial charge in [-0.2, -0.15) is 5.10 Å². The van der Waals surface area contributed by atoms with Crippen LogP contribution in [0.1, 0.15) is 51.0 Å². The van der Waals surface area contributed by atoms with Crippen LogP contribution in [-0.4, -0.2) is 37.0 Å². The number of rotatable bonds is 4. The average molecular weight is 424 g/mol. The Morgan fingerprint density at radius 2 is 1.90 bits per heavy atom. The number of thioether (sulfide) groups is 1. The molecule has 1 amide bonds. The summed E-state index contributed by atoms with van der Waals surface area (Å²) in [4.78, 5) is 30.6.